The lowest BCUT2D eigenvalue weighted by Gasteiger charge is -2.19. The number of rotatable bonds is 39. The standard InChI is InChI=1S/C47H78NO8P/c1-3-5-7-9-11-13-15-17-19-21-22-24-26-28-30-32-34-36-38-40-47(50)56-45(44-55-57(51,52)54-42-41-48)43-53-46(49)39-37-35-33-31-29-27-25-23-20-18-16-14-12-10-8-6-4-2/h11-14,17-20,22,24-25,27-28,30,34,36,45H,3-10,15-16,21,23,26,29,31-33,35,37-44,48H2,1-2H3,(H,51,52). The monoisotopic (exact) mass is 816 g/mol. The molecule has 2 unspecified atom stereocenters. The van der Waals surface area contributed by atoms with Crippen LogP contribution in [0.3, 0.4) is 0 Å². The van der Waals surface area contributed by atoms with E-state index in [0.717, 1.165) is 64.2 Å². The predicted octanol–water partition coefficient (Wildman–Crippen LogP) is 12.6. The van der Waals surface area contributed by atoms with Gasteiger partial charge >= 0.3 is 19.8 Å². The average Bonchev–Trinajstić information content (AvgIpc) is 3.20. The van der Waals surface area contributed by atoms with Gasteiger partial charge in [0, 0.05) is 19.4 Å². The fourth-order valence-electron chi connectivity index (χ4n) is 5.21. The summed E-state index contributed by atoms with van der Waals surface area (Å²) >= 11 is 0. The van der Waals surface area contributed by atoms with E-state index < -0.39 is 32.5 Å². The molecule has 0 amide bonds. The molecule has 0 saturated heterocycles. The lowest BCUT2D eigenvalue weighted by atomic mass is 10.1. The molecule has 0 fully saturated rings. The van der Waals surface area contributed by atoms with Crippen molar-refractivity contribution < 1.29 is 37.6 Å². The Labute approximate surface area is 346 Å². The van der Waals surface area contributed by atoms with Crippen LogP contribution in [-0.4, -0.2) is 49.3 Å². The zero-order valence-electron chi connectivity index (χ0n) is 35.5. The van der Waals surface area contributed by atoms with Gasteiger partial charge < -0.3 is 20.1 Å². The average molecular weight is 816 g/mol. The van der Waals surface area contributed by atoms with Crippen LogP contribution in [0.15, 0.2) is 97.2 Å². The molecule has 0 rings (SSSR count). The molecule has 10 heteroatoms. The van der Waals surface area contributed by atoms with Crippen LogP contribution >= 0.6 is 7.82 Å². The summed E-state index contributed by atoms with van der Waals surface area (Å²) < 4.78 is 32.7. The van der Waals surface area contributed by atoms with Gasteiger partial charge in [0.05, 0.1) is 13.2 Å². The first-order valence-electron chi connectivity index (χ1n) is 21.7. The highest BCUT2D eigenvalue weighted by Gasteiger charge is 2.25. The van der Waals surface area contributed by atoms with E-state index in [1.54, 1.807) is 0 Å². The summed E-state index contributed by atoms with van der Waals surface area (Å²) in [6.45, 7) is 3.54. The van der Waals surface area contributed by atoms with Gasteiger partial charge in [0.25, 0.3) is 0 Å². The van der Waals surface area contributed by atoms with Crippen LogP contribution in [0.25, 0.3) is 0 Å². The summed E-state index contributed by atoms with van der Waals surface area (Å²) in [6, 6.07) is 0. The first kappa shape index (κ1) is 53.9. The third-order valence-electron chi connectivity index (χ3n) is 8.46. The minimum Gasteiger partial charge on any atom is -0.462 e. The summed E-state index contributed by atoms with van der Waals surface area (Å²) in [6.07, 6.45) is 54.5. The Bertz CT molecular complexity index is 1250. The van der Waals surface area contributed by atoms with E-state index >= 15 is 0 Å². The number of carbonyl (C=O) groups excluding carboxylic acids is 2. The third-order valence-corrected chi connectivity index (χ3v) is 9.44. The lowest BCUT2D eigenvalue weighted by Crippen LogP contribution is -2.29. The first-order valence-corrected chi connectivity index (χ1v) is 23.2. The highest BCUT2D eigenvalue weighted by Crippen LogP contribution is 2.43. The summed E-state index contributed by atoms with van der Waals surface area (Å²) in [4.78, 5) is 34.8. The Morgan fingerprint density at radius 2 is 0.947 bits per heavy atom. The van der Waals surface area contributed by atoms with E-state index in [4.69, 9.17) is 24.3 Å². The van der Waals surface area contributed by atoms with Gasteiger partial charge in [-0.25, -0.2) is 4.57 Å². The van der Waals surface area contributed by atoms with Crippen molar-refractivity contribution in [2.24, 2.45) is 5.73 Å². The number of nitrogens with two attached hydrogens (primary N) is 1. The molecule has 57 heavy (non-hydrogen) atoms. The molecule has 0 aromatic heterocycles. The Hall–Kier alpha value is -3.07. The predicted molar refractivity (Wildman–Crippen MR) is 238 cm³/mol. The second kappa shape index (κ2) is 42.5. The highest BCUT2D eigenvalue weighted by molar-refractivity contribution is 7.47. The van der Waals surface area contributed by atoms with Crippen molar-refractivity contribution in [3.8, 4) is 0 Å². The minimum absolute atomic E-state index is 0.0335. The molecule has 0 heterocycles. The Kier molecular flexibility index (Phi) is 40.2. The maximum absolute atomic E-state index is 12.6. The topological polar surface area (TPSA) is 134 Å². The second-order valence-electron chi connectivity index (χ2n) is 13.8. The smallest absolute Gasteiger partial charge is 0.462 e. The van der Waals surface area contributed by atoms with Crippen LogP contribution in [0.2, 0.25) is 0 Å². The normalized spacial score (nSPS) is 14.2. The van der Waals surface area contributed by atoms with Crippen LogP contribution < -0.4 is 5.73 Å². The van der Waals surface area contributed by atoms with E-state index in [9.17, 15) is 19.0 Å². The minimum atomic E-state index is -4.41. The van der Waals surface area contributed by atoms with Crippen molar-refractivity contribution in [3.05, 3.63) is 97.2 Å². The zero-order valence-corrected chi connectivity index (χ0v) is 36.4. The number of phosphoric ester groups is 1. The number of carbonyl (C=O) groups is 2. The summed E-state index contributed by atoms with van der Waals surface area (Å²) in [7, 11) is -4.41. The molecular weight excluding hydrogens is 737 g/mol. The molecule has 0 aliphatic rings. The van der Waals surface area contributed by atoms with Crippen molar-refractivity contribution in [3.63, 3.8) is 0 Å². The molecule has 2 atom stereocenters. The molecule has 9 nitrogen and oxygen atoms in total. The molecule has 324 valence electrons. The lowest BCUT2D eigenvalue weighted by molar-refractivity contribution is -0.161. The van der Waals surface area contributed by atoms with Crippen LogP contribution in [0.4, 0.5) is 0 Å². The Morgan fingerprint density at radius 3 is 1.40 bits per heavy atom. The summed E-state index contributed by atoms with van der Waals surface area (Å²) in [5.41, 5.74) is 5.34. The van der Waals surface area contributed by atoms with E-state index in [2.05, 4.69) is 98.9 Å². The van der Waals surface area contributed by atoms with Crippen molar-refractivity contribution in [2.45, 2.75) is 161 Å². The molecular formula is C47H78NO8P. The molecule has 3 N–H and O–H groups in total. The second-order valence-corrected chi connectivity index (χ2v) is 15.3. The maximum Gasteiger partial charge on any atom is 0.472 e. The van der Waals surface area contributed by atoms with Crippen molar-refractivity contribution in [1.29, 1.82) is 0 Å². The van der Waals surface area contributed by atoms with Gasteiger partial charge in [0.15, 0.2) is 6.10 Å². The van der Waals surface area contributed by atoms with Gasteiger partial charge in [-0.2, -0.15) is 0 Å². The summed E-state index contributed by atoms with van der Waals surface area (Å²) in [5, 5.41) is 0. The fraction of sp³-hybridized carbons (Fsp3) is 0.617. The van der Waals surface area contributed by atoms with Gasteiger partial charge in [-0.05, 0) is 89.9 Å². The van der Waals surface area contributed by atoms with Gasteiger partial charge in [-0.15, -0.1) is 0 Å². The number of allylic oxidation sites excluding steroid dienone is 16. The van der Waals surface area contributed by atoms with Gasteiger partial charge in [0.2, 0.25) is 0 Å². The van der Waals surface area contributed by atoms with Gasteiger partial charge in [-0.1, -0.05) is 150 Å². The molecule has 0 saturated carbocycles. The fourth-order valence-corrected chi connectivity index (χ4v) is 5.98. The van der Waals surface area contributed by atoms with Gasteiger partial charge in [0.1, 0.15) is 6.61 Å². The Balaban J connectivity index is 4.35. The number of ether oxygens (including phenoxy) is 2. The molecule has 0 bridgehead atoms. The van der Waals surface area contributed by atoms with Crippen molar-refractivity contribution >= 4 is 19.8 Å². The highest BCUT2D eigenvalue weighted by atomic mass is 31.2. The number of hydrogen-bond donors (Lipinski definition) is 2. The van der Waals surface area contributed by atoms with Crippen molar-refractivity contribution in [1.82, 2.24) is 0 Å². The van der Waals surface area contributed by atoms with E-state index in [0.29, 0.717) is 12.8 Å². The van der Waals surface area contributed by atoms with Gasteiger partial charge in [-0.3, -0.25) is 18.6 Å². The molecule has 0 aromatic carbocycles. The number of esters is 2. The first-order chi connectivity index (χ1) is 27.8. The van der Waals surface area contributed by atoms with Crippen LogP contribution in [0.1, 0.15) is 155 Å². The number of phosphoric acid groups is 1. The quantitative estimate of drug-likeness (QED) is 0.0269. The zero-order chi connectivity index (χ0) is 41.8. The van der Waals surface area contributed by atoms with Crippen molar-refractivity contribution in [2.75, 3.05) is 26.4 Å². The molecule has 0 aliphatic carbocycles. The largest absolute Gasteiger partial charge is 0.472 e. The van der Waals surface area contributed by atoms with E-state index in [1.165, 1.54) is 51.4 Å². The van der Waals surface area contributed by atoms with E-state index in [-0.39, 0.29) is 32.6 Å². The molecule has 0 aliphatic heterocycles. The van der Waals surface area contributed by atoms with Crippen LogP contribution in [-0.2, 0) is 32.7 Å². The number of unbranched alkanes of at least 4 members (excludes halogenated alkanes) is 10. The number of hydrogen-bond acceptors (Lipinski definition) is 8. The molecule has 0 spiro atoms. The molecule has 0 radical (unpaired) electrons. The molecule has 0 aromatic rings. The SMILES string of the molecule is CCCCCC=CCC=CCC=CCC=CCC=CCCC(=O)OC(COC(=O)CCCCCCC=CCC=CCC=CCCCCC)COP(=O)(O)OCCN. The summed E-state index contributed by atoms with van der Waals surface area (Å²) in [5.74, 6) is -0.960. The van der Waals surface area contributed by atoms with E-state index in [1.807, 2.05) is 12.2 Å². The Morgan fingerprint density at radius 1 is 0.526 bits per heavy atom. The van der Waals surface area contributed by atoms with Crippen LogP contribution in [0, 0.1) is 0 Å². The maximum atomic E-state index is 12.6. The van der Waals surface area contributed by atoms with Crippen LogP contribution in [0.5, 0.6) is 0 Å². The third kappa shape index (κ3) is 42.4.